The van der Waals surface area contributed by atoms with Gasteiger partial charge in [-0.25, -0.2) is 4.79 Å². The molecule has 1 aromatic rings. The van der Waals surface area contributed by atoms with Gasteiger partial charge in [0.15, 0.2) is 6.10 Å². The predicted molar refractivity (Wildman–Crippen MR) is 62.4 cm³/mol. The smallest absolute Gasteiger partial charge is 0.335 e. The summed E-state index contributed by atoms with van der Waals surface area (Å²) in [5, 5.41) is 9.73. The molecule has 0 aliphatic carbocycles. The van der Waals surface area contributed by atoms with Gasteiger partial charge in [0.25, 0.3) is 0 Å². The SMILES string of the molecule is COC(=O)C(O)C(C)c1ccc(C)c(C)c1. The van der Waals surface area contributed by atoms with Gasteiger partial charge in [-0.05, 0) is 30.5 Å². The van der Waals surface area contributed by atoms with Crippen LogP contribution in [0.1, 0.15) is 29.5 Å². The number of aryl methyl sites for hydroxylation is 2. The van der Waals surface area contributed by atoms with Gasteiger partial charge in [0.05, 0.1) is 7.11 Å². The van der Waals surface area contributed by atoms with E-state index >= 15 is 0 Å². The number of carbonyl (C=O) groups is 1. The summed E-state index contributed by atoms with van der Waals surface area (Å²) < 4.78 is 4.52. The van der Waals surface area contributed by atoms with Crippen LogP contribution in [0.3, 0.4) is 0 Å². The van der Waals surface area contributed by atoms with Crippen LogP contribution in [0.5, 0.6) is 0 Å². The number of esters is 1. The molecule has 1 aromatic carbocycles. The predicted octanol–water partition coefficient (Wildman–Crippen LogP) is 1.94. The van der Waals surface area contributed by atoms with Gasteiger partial charge in [0.2, 0.25) is 0 Å². The fourth-order valence-electron chi connectivity index (χ4n) is 1.56. The largest absolute Gasteiger partial charge is 0.467 e. The lowest BCUT2D eigenvalue weighted by molar-refractivity contribution is -0.151. The number of benzene rings is 1. The molecule has 88 valence electrons. The van der Waals surface area contributed by atoms with Crippen LogP contribution >= 0.6 is 0 Å². The van der Waals surface area contributed by atoms with Gasteiger partial charge in [-0.1, -0.05) is 25.1 Å². The van der Waals surface area contributed by atoms with Crippen molar-refractivity contribution in [3.63, 3.8) is 0 Å². The minimum atomic E-state index is -1.10. The van der Waals surface area contributed by atoms with Crippen molar-refractivity contribution in [2.45, 2.75) is 32.8 Å². The molecule has 0 amide bonds. The number of methoxy groups -OCH3 is 1. The lowest BCUT2D eigenvalue weighted by Gasteiger charge is -2.18. The van der Waals surface area contributed by atoms with Gasteiger partial charge in [-0.15, -0.1) is 0 Å². The van der Waals surface area contributed by atoms with E-state index in [0.717, 1.165) is 11.1 Å². The van der Waals surface area contributed by atoms with Crippen LogP contribution in [0, 0.1) is 13.8 Å². The number of aliphatic hydroxyl groups is 1. The van der Waals surface area contributed by atoms with E-state index in [1.54, 1.807) is 0 Å². The Morgan fingerprint density at radius 3 is 2.44 bits per heavy atom. The molecule has 3 nitrogen and oxygen atoms in total. The molecule has 0 aliphatic heterocycles. The van der Waals surface area contributed by atoms with Gasteiger partial charge >= 0.3 is 5.97 Å². The van der Waals surface area contributed by atoms with Crippen molar-refractivity contribution >= 4 is 5.97 Å². The Hall–Kier alpha value is -1.35. The van der Waals surface area contributed by atoms with Crippen LogP contribution in [0.25, 0.3) is 0 Å². The molecule has 0 fully saturated rings. The van der Waals surface area contributed by atoms with E-state index in [0.29, 0.717) is 0 Å². The van der Waals surface area contributed by atoms with E-state index in [9.17, 15) is 9.90 Å². The minimum absolute atomic E-state index is 0.258. The zero-order valence-corrected chi connectivity index (χ0v) is 10.2. The Labute approximate surface area is 96.1 Å². The highest BCUT2D eigenvalue weighted by atomic mass is 16.5. The summed E-state index contributed by atoms with van der Waals surface area (Å²) >= 11 is 0. The van der Waals surface area contributed by atoms with E-state index in [1.165, 1.54) is 12.7 Å². The van der Waals surface area contributed by atoms with Crippen molar-refractivity contribution in [3.8, 4) is 0 Å². The van der Waals surface area contributed by atoms with E-state index in [4.69, 9.17) is 0 Å². The molecule has 0 heterocycles. The van der Waals surface area contributed by atoms with Crippen LogP contribution in [-0.4, -0.2) is 24.3 Å². The Balaban J connectivity index is 2.91. The molecule has 2 atom stereocenters. The monoisotopic (exact) mass is 222 g/mol. The molecule has 1 rings (SSSR count). The molecule has 0 radical (unpaired) electrons. The van der Waals surface area contributed by atoms with Crippen molar-refractivity contribution in [2.24, 2.45) is 0 Å². The van der Waals surface area contributed by atoms with E-state index in [-0.39, 0.29) is 5.92 Å². The topological polar surface area (TPSA) is 46.5 Å². The van der Waals surface area contributed by atoms with E-state index in [2.05, 4.69) is 4.74 Å². The molecule has 3 heteroatoms. The highest BCUT2D eigenvalue weighted by Crippen LogP contribution is 2.22. The first kappa shape index (κ1) is 12.7. The number of carbonyl (C=O) groups excluding carboxylic acids is 1. The van der Waals surface area contributed by atoms with Gasteiger partial charge in [-0.3, -0.25) is 0 Å². The number of hydrogen-bond acceptors (Lipinski definition) is 3. The third kappa shape index (κ3) is 2.61. The highest BCUT2D eigenvalue weighted by molar-refractivity contribution is 5.75. The normalized spacial score (nSPS) is 14.3. The second-order valence-corrected chi connectivity index (χ2v) is 4.10. The fourth-order valence-corrected chi connectivity index (χ4v) is 1.56. The van der Waals surface area contributed by atoms with Crippen LogP contribution in [0.2, 0.25) is 0 Å². The maximum atomic E-state index is 11.2. The molecule has 16 heavy (non-hydrogen) atoms. The molecule has 0 bridgehead atoms. The summed E-state index contributed by atoms with van der Waals surface area (Å²) in [6, 6.07) is 5.91. The molecule has 0 aliphatic rings. The highest BCUT2D eigenvalue weighted by Gasteiger charge is 2.24. The molecule has 0 saturated carbocycles. The second-order valence-electron chi connectivity index (χ2n) is 4.10. The molecule has 0 aromatic heterocycles. The van der Waals surface area contributed by atoms with Crippen molar-refractivity contribution in [3.05, 3.63) is 34.9 Å². The number of ether oxygens (including phenoxy) is 1. The van der Waals surface area contributed by atoms with Crippen LogP contribution < -0.4 is 0 Å². The quantitative estimate of drug-likeness (QED) is 0.795. The number of rotatable bonds is 3. The first-order valence-electron chi connectivity index (χ1n) is 5.30. The summed E-state index contributed by atoms with van der Waals surface area (Å²) in [4.78, 5) is 11.2. The number of hydrogen-bond donors (Lipinski definition) is 1. The van der Waals surface area contributed by atoms with Crippen LogP contribution in [0.4, 0.5) is 0 Å². The first-order valence-corrected chi connectivity index (χ1v) is 5.30. The van der Waals surface area contributed by atoms with Gasteiger partial charge < -0.3 is 9.84 Å². The van der Waals surface area contributed by atoms with Crippen LogP contribution in [0.15, 0.2) is 18.2 Å². The maximum absolute atomic E-state index is 11.2. The molecule has 0 saturated heterocycles. The average molecular weight is 222 g/mol. The Morgan fingerprint density at radius 1 is 1.31 bits per heavy atom. The summed E-state index contributed by atoms with van der Waals surface area (Å²) in [6.45, 7) is 5.85. The summed E-state index contributed by atoms with van der Waals surface area (Å²) in [6.07, 6.45) is -1.10. The second kappa shape index (κ2) is 5.12. The van der Waals surface area contributed by atoms with Gasteiger partial charge in [0.1, 0.15) is 0 Å². The summed E-state index contributed by atoms with van der Waals surface area (Å²) in [7, 11) is 1.28. The zero-order valence-electron chi connectivity index (χ0n) is 10.2. The van der Waals surface area contributed by atoms with Gasteiger partial charge in [0, 0.05) is 5.92 Å². The van der Waals surface area contributed by atoms with E-state index in [1.807, 2.05) is 39.0 Å². The molecule has 0 spiro atoms. The summed E-state index contributed by atoms with van der Waals surface area (Å²) in [5.74, 6) is -0.850. The van der Waals surface area contributed by atoms with E-state index < -0.39 is 12.1 Å². The zero-order chi connectivity index (χ0) is 12.3. The third-order valence-corrected chi connectivity index (χ3v) is 2.97. The first-order chi connectivity index (χ1) is 7.47. The van der Waals surface area contributed by atoms with Crippen molar-refractivity contribution in [2.75, 3.05) is 7.11 Å². The molecule has 1 N–H and O–H groups in total. The van der Waals surface area contributed by atoms with Crippen LogP contribution in [-0.2, 0) is 9.53 Å². The Bertz CT molecular complexity index is 385. The van der Waals surface area contributed by atoms with Crippen molar-refractivity contribution in [1.29, 1.82) is 0 Å². The molecular formula is C13H18O3. The lowest BCUT2D eigenvalue weighted by Crippen LogP contribution is -2.27. The Kier molecular flexibility index (Phi) is 4.07. The third-order valence-electron chi connectivity index (χ3n) is 2.97. The van der Waals surface area contributed by atoms with Crippen molar-refractivity contribution in [1.82, 2.24) is 0 Å². The fraction of sp³-hybridized carbons (Fsp3) is 0.462. The average Bonchev–Trinajstić information content (AvgIpc) is 2.29. The Morgan fingerprint density at radius 2 is 1.94 bits per heavy atom. The summed E-state index contributed by atoms with van der Waals surface area (Å²) in [5.41, 5.74) is 3.30. The maximum Gasteiger partial charge on any atom is 0.335 e. The number of aliphatic hydroxyl groups excluding tert-OH is 1. The molecule has 2 unspecified atom stereocenters. The van der Waals surface area contributed by atoms with Gasteiger partial charge in [-0.2, -0.15) is 0 Å². The van der Waals surface area contributed by atoms with Crippen molar-refractivity contribution < 1.29 is 14.6 Å². The minimum Gasteiger partial charge on any atom is -0.467 e. The molecular weight excluding hydrogens is 204 g/mol. The lowest BCUT2D eigenvalue weighted by atomic mass is 9.93. The standard InChI is InChI=1S/C13H18O3/c1-8-5-6-11(7-9(8)2)10(3)12(14)13(15)16-4/h5-7,10,12,14H,1-4H3.